The van der Waals surface area contributed by atoms with Crippen molar-refractivity contribution < 1.29 is 9.50 Å². The standard InChI is InChI=1S/C12H11FO/c13-11-7-5-10(6-8-11)12(14)9-3-1-2-4-9/h1-9,12,14H/t12-/m0/s1. The molecular formula is C12H11FO. The van der Waals surface area contributed by atoms with Crippen LogP contribution in [0, 0.1) is 11.7 Å². The lowest BCUT2D eigenvalue weighted by Crippen LogP contribution is -2.06. The van der Waals surface area contributed by atoms with Crippen molar-refractivity contribution in [3.05, 3.63) is 60.0 Å². The Hall–Kier alpha value is -1.41. The number of aliphatic hydroxyl groups is 1. The van der Waals surface area contributed by atoms with Gasteiger partial charge in [0.25, 0.3) is 0 Å². The van der Waals surface area contributed by atoms with E-state index in [4.69, 9.17) is 0 Å². The predicted molar refractivity (Wildman–Crippen MR) is 53.1 cm³/mol. The lowest BCUT2D eigenvalue weighted by molar-refractivity contribution is 0.152. The van der Waals surface area contributed by atoms with Crippen molar-refractivity contribution in [1.29, 1.82) is 0 Å². The number of aliphatic hydroxyl groups excluding tert-OH is 1. The molecule has 1 nitrogen and oxygen atoms in total. The van der Waals surface area contributed by atoms with Crippen molar-refractivity contribution in [2.45, 2.75) is 6.10 Å². The fourth-order valence-electron chi connectivity index (χ4n) is 1.54. The third-order valence-electron chi connectivity index (χ3n) is 2.35. The van der Waals surface area contributed by atoms with Gasteiger partial charge in [0.1, 0.15) is 5.82 Å². The number of halogens is 1. The van der Waals surface area contributed by atoms with E-state index >= 15 is 0 Å². The lowest BCUT2D eigenvalue weighted by Gasteiger charge is -2.14. The van der Waals surface area contributed by atoms with Crippen LogP contribution in [0.1, 0.15) is 11.7 Å². The van der Waals surface area contributed by atoms with Gasteiger partial charge in [-0.15, -0.1) is 0 Å². The van der Waals surface area contributed by atoms with Crippen LogP contribution in [0.3, 0.4) is 0 Å². The molecule has 1 aliphatic carbocycles. The van der Waals surface area contributed by atoms with Gasteiger partial charge in [0.05, 0.1) is 6.10 Å². The summed E-state index contributed by atoms with van der Waals surface area (Å²) in [6, 6.07) is 5.95. The van der Waals surface area contributed by atoms with E-state index in [-0.39, 0.29) is 11.7 Å². The summed E-state index contributed by atoms with van der Waals surface area (Å²) in [5.41, 5.74) is 0.743. The lowest BCUT2D eigenvalue weighted by atomic mass is 9.97. The summed E-state index contributed by atoms with van der Waals surface area (Å²) in [6.45, 7) is 0. The van der Waals surface area contributed by atoms with Crippen LogP contribution >= 0.6 is 0 Å². The Balaban J connectivity index is 2.18. The van der Waals surface area contributed by atoms with Crippen LogP contribution in [0.15, 0.2) is 48.6 Å². The molecule has 2 heteroatoms. The summed E-state index contributed by atoms with van der Waals surface area (Å²) >= 11 is 0. The number of benzene rings is 1. The highest BCUT2D eigenvalue weighted by Crippen LogP contribution is 2.26. The fourth-order valence-corrected chi connectivity index (χ4v) is 1.54. The van der Waals surface area contributed by atoms with Gasteiger partial charge in [-0.25, -0.2) is 4.39 Å². The SMILES string of the molecule is O[C@H](c1ccc(F)cc1)C1C=CC=C1. The maximum atomic E-state index is 12.6. The van der Waals surface area contributed by atoms with E-state index in [0.29, 0.717) is 0 Å². The molecule has 0 bridgehead atoms. The zero-order valence-corrected chi connectivity index (χ0v) is 7.60. The molecule has 0 aliphatic heterocycles. The van der Waals surface area contributed by atoms with Gasteiger partial charge < -0.3 is 5.11 Å². The topological polar surface area (TPSA) is 20.2 Å². The van der Waals surface area contributed by atoms with Gasteiger partial charge in [0.15, 0.2) is 0 Å². The molecule has 0 radical (unpaired) electrons. The minimum absolute atomic E-state index is 0.0143. The first-order valence-electron chi connectivity index (χ1n) is 4.56. The van der Waals surface area contributed by atoms with Crippen LogP contribution in [0.2, 0.25) is 0 Å². The van der Waals surface area contributed by atoms with Gasteiger partial charge in [0.2, 0.25) is 0 Å². The molecule has 0 saturated carbocycles. The predicted octanol–water partition coefficient (Wildman–Crippen LogP) is 2.60. The molecule has 2 rings (SSSR count). The van der Waals surface area contributed by atoms with Crippen LogP contribution in [0.25, 0.3) is 0 Å². The normalized spacial score (nSPS) is 17.6. The molecule has 0 spiro atoms. The largest absolute Gasteiger partial charge is 0.387 e. The molecule has 1 atom stereocenters. The van der Waals surface area contributed by atoms with Crippen molar-refractivity contribution in [3.8, 4) is 0 Å². The summed E-state index contributed by atoms with van der Waals surface area (Å²) < 4.78 is 12.6. The average Bonchev–Trinajstić information content (AvgIpc) is 2.71. The second-order valence-electron chi connectivity index (χ2n) is 3.34. The zero-order chi connectivity index (χ0) is 9.97. The van der Waals surface area contributed by atoms with Gasteiger partial charge in [-0.2, -0.15) is 0 Å². The van der Waals surface area contributed by atoms with E-state index in [0.717, 1.165) is 5.56 Å². The molecule has 0 saturated heterocycles. The number of hydrogen-bond donors (Lipinski definition) is 1. The Bertz CT molecular complexity index is 352. The maximum absolute atomic E-state index is 12.6. The highest BCUT2D eigenvalue weighted by atomic mass is 19.1. The molecule has 1 aliphatic rings. The molecule has 14 heavy (non-hydrogen) atoms. The maximum Gasteiger partial charge on any atom is 0.123 e. The first-order valence-corrected chi connectivity index (χ1v) is 4.56. The molecule has 1 N–H and O–H groups in total. The van der Waals surface area contributed by atoms with Gasteiger partial charge >= 0.3 is 0 Å². The zero-order valence-electron chi connectivity index (χ0n) is 7.60. The summed E-state index contributed by atoms with van der Waals surface area (Å²) in [4.78, 5) is 0. The van der Waals surface area contributed by atoms with Crippen molar-refractivity contribution in [2.75, 3.05) is 0 Å². The Morgan fingerprint density at radius 2 is 1.64 bits per heavy atom. The van der Waals surface area contributed by atoms with E-state index in [1.54, 1.807) is 12.1 Å². The van der Waals surface area contributed by atoms with E-state index < -0.39 is 6.10 Å². The smallest absolute Gasteiger partial charge is 0.123 e. The Morgan fingerprint density at radius 1 is 1.07 bits per heavy atom. The highest BCUT2D eigenvalue weighted by molar-refractivity contribution is 5.26. The molecule has 1 aromatic rings. The van der Waals surface area contributed by atoms with Crippen LogP contribution in [-0.2, 0) is 0 Å². The molecular weight excluding hydrogens is 179 g/mol. The van der Waals surface area contributed by atoms with Crippen LogP contribution in [-0.4, -0.2) is 5.11 Å². The van der Waals surface area contributed by atoms with Crippen molar-refractivity contribution >= 4 is 0 Å². The van der Waals surface area contributed by atoms with Gasteiger partial charge in [-0.05, 0) is 17.7 Å². The van der Waals surface area contributed by atoms with Gasteiger partial charge in [0, 0.05) is 5.92 Å². The second-order valence-corrected chi connectivity index (χ2v) is 3.34. The third-order valence-corrected chi connectivity index (χ3v) is 2.35. The van der Waals surface area contributed by atoms with Crippen LogP contribution < -0.4 is 0 Å². The summed E-state index contributed by atoms with van der Waals surface area (Å²) in [6.07, 6.45) is 7.07. The van der Waals surface area contributed by atoms with Crippen LogP contribution in [0.5, 0.6) is 0 Å². The Labute approximate surface area is 82.2 Å². The minimum Gasteiger partial charge on any atom is -0.387 e. The van der Waals surface area contributed by atoms with Crippen molar-refractivity contribution in [3.63, 3.8) is 0 Å². The summed E-state index contributed by atoms with van der Waals surface area (Å²) in [5, 5.41) is 9.89. The Morgan fingerprint density at radius 3 is 2.21 bits per heavy atom. The average molecular weight is 190 g/mol. The third kappa shape index (κ3) is 1.75. The van der Waals surface area contributed by atoms with E-state index in [2.05, 4.69) is 0 Å². The van der Waals surface area contributed by atoms with E-state index in [1.807, 2.05) is 24.3 Å². The van der Waals surface area contributed by atoms with Gasteiger partial charge in [-0.1, -0.05) is 36.4 Å². The second kappa shape index (κ2) is 3.76. The number of allylic oxidation sites excluding steroid dienone is 2. The molecule has 0 heterocycles. The van der Waals surface area contributed by atoms with E-state index in [1.165, 1.54) is 12.1 Å². The molecule has 0 amide bonds. The molecule has 0 aromatic heterocycles. The number of hydrogen-bond acceptors (Lipinski definition) is 1. The van der Waals surface area contributed by atoms with Crippen molar-refractivity contribution in [2.24, 2.45) is 5.92 Å². The quantitative estimate of drug-likeness (QED) is 0.760. The van der Waals surface area contributed by atoms with Crippen molar-refractivity contribution in [1.82, 2.24) is 0 Å². The molecule has 1 aromatic carbocycles. The summed E-state index contributed by atoms with van der Waals surface area (Å²) in [7, 11) is 0. The molecule has 72 valence electrons. The van der Waals surface area contributed by atoms with E-state index in [9.17, 15) is 9.50 Å². The minimum atomic E-state index is -0.578. The molecule has 0 unspecified atom stereocenters. The fraction of sp³-hybridized carbons (Fsp3) is 0.167. The molecule has 0 fully saturated rings. The monoisotopic (exact) mass is 190 g/mol. The van der Waals surface area contributed by atoms with Crippen LogP contribution in [0.4, 0.5) is 4.39 Å². The highest BCUT2D eigenvalue weighted by Gasteiger charge is 2.17. The summed E-state index contributed by atoms with van der Waals surface area (Å²) in [5.74, 6) is -0.265. The first-order chi connectivity index (χ1) is 6.77. The number of rotatable bonds is 2. The first kappa shape index (κ1) is 9.16. The Kier molecular flexibility index (Phi) is 2.46. The van der Waals surface area contributed by atoms with Gasteiger partial charge in [-0.3, -0.25) is 0 Å².